The van der Waals surface area contributed by atoms with Crippen molar-refractivity contribution in [1.82, 2.24) is 10.2 Å². The number of carbonyl (C=O) groups excluding carboxylic acids is 1. The Bertz CT molecular complexity index is 346. The van der Waals surface area contributed by atoms with Crippen LogP contribution in [0.4, 0.5) is 4.79 Å². The second-order valence-electron chi connectivity index (χ2n) is 6.17. The van der Waals surface area contributed by atoms with E-state index in [2.05, 4.69) is 12.2 Å². The largest absolute Gasteiger partial charge is 0.481 e. The third-order valence-electron chi connectivity index (χ3n) is 4.38. The summed E-state index contributed by atoms with van der Waals surface area (Å²) < 4.78 is 0. The van der Waals surface area contributed by atoms with Gasteiger partial charge < -0.3 is 15.3 Å². The zero-order valence-electron chi connectivity index (χ0n) is 11.6. The average molecular weight is 268 g/mol. The number of nitrogens with one attached hydrogen (secondary N) is 1. The third-order valence-corrected chi connectivity index (χ3v) is 4.38. The first-order chi connectivity index (χ1) is 9.04. The molecule has 1 heterocycles. The number of hydrogen-bond donors (Lipinski definition) is 2. The van der Waals surface area contributed by atoms with Crippen LogP contribution in [0.2, 0.25) is 0 Å². The molecule has 3 atom stereocenters. The maximum absolute atomic E-state index is 12.0. The van der Waals surface area contributed by atoms with Gasteiger partial charge in [0.1, 0.15) is 0 Å². The van der Waals surface area contributed by atoms with Crippen LogP contribution in [0.3, 0.4) is 0 Å². The Morgan fingerprint density at radius 1 is 1.26 bits per heavy atom. The molecule has 2 aliphatic rings. The molecule has 3 unspecified atom stereocenters. The first-order valence-corrected chi connectivity index (χ1v) is 7.29. The molecule has 1 aliphatic carbocycles. The summed E-state index contributed by atoms with van der Waals surface area (Å²) >= 11 is 0. The lowest BCUT2D eigenvalue weighted by molar-refractivity contribution is -0.138. The lowest BCUT2D eigenvalue weighted by Gasteiger charge is -2.19. The van der Waals surface area contributed by atoms with Crippen LogP contribution in [0.25, 0.3) is 0 Å². The van der Waals surface area contributed by atoms with E-state index in [0.29, 0.717) is 19.0 Å². The summed E-state index contributed by atoms with van der Waals surface area (Å²) in [5.74, 6) is 0.756. The van der Waals surface area contributed by atoms with Crippen molar-refractivity contribution in [3.63, 3.8) is 0 Å². The summed E-state index contributed by atoms with van der Waals surface area (Å²) in [6, 6.07) is -0.0209. The number of likely N-dealkylation sites (tertiary alicyclic amines) is 1. The molecule has 0 aromatic heterocycles. The number of carbonyl (C=O) groups is 2. The minimum atomic E-state index is -0.771. The fourth-order valence-electron chi connectivity index (χ4n) is 3.28. The van der Waals surface area contributed by atoms with Crippen LogP contribution in [0.5, 0.6) is 0 Å². The van der Waals surface area contributed by atoms with Crippen molar-refractivity contribution in [2.45, 2.75) is 39.0 Å². The van der Waals surface area contributed by atoms with Crippen molar-refractivity contribution in [1.29, 1.82) is 0 Å². The topological polar surface area (TPSA) is 69.6 Å². The quantitative estimate of drug-likeness (QED) is 0.818. The summed E-state index contributed by atoms with van der Waals surface area (Å²) in [4.78, 5) is 24.4. The smallest absolute Gasteiger partial charge is 0.317 e. The number of amides is 2. The summed E-state index contributed by atoms with van der Waals surface area (Å²) in [5.41, 5.74) is 0. The standard InChI is InChI=1S/C14H24N2O3/c1-10-2-3-11(6-10)8-15-14(19)16-5-4-12(9-16)7-13(17)18/h10-12H,2-9H2,1H3,(H,15,19)(H,17,18). The molecule has 19 heavy (non-hydrogen) atoms. The van der Waals surface area contributed by atoms with Crippen LogP contribution < -0.4 is 5.32 Å². The number of aliphatic carboxylic acids is 1. The number of hydrogen-bond acceptors (Lipinski definition) is 2. The van der Waals surface area contributed by atoms with Crippen LogP contribution in [-0.2, 0) is 4.79 Å². The summed E-state index contributed by atoms with van der Waals surface area (Å²) in [7, 11) is 0. The van der Waals surface area contributed by atoms with Gasteiger partial charge in [-0.25, -0.2) is 4.79 Å². The Kier molecular flexibility index (Phi) is 4.66. The van der Waals surface area contributed by atoms with Crippen molar-refractivity contribution >= 4 is 12.0 Å². The molecular formula is C14H24N2O3. The predicted octanol–water partition coefficient (Wildman–Crippen LogP) is 1.93. The zero-order chi connectivity index (χ0) is 13.8. The van der Waals surface area contributed by atoms with Crippen LogP contribution in [0, 0.1) is 17.8 Å². The predicted molar refractivity (Wildman–Crippen MR) is 71.8 cm³/mol. The van der Waals surface area contributed by atoms with E-state index in [-0.39, 0.29) is 18.4 Å². The molecule has 1 saturated carbocycles. The molecule has 2 rings (SSSR count). The van der Waals surface area contributed by atoms with Gasteiger partial charge in [-0.05, 0) is 37.0 Å². The molecule has 0 bridgehead atoms. The van der Waals surface area contributed by atoms with Crippen molar-refractivity contribution in [3.05, 3.63) is 0 Å². The van der Waals surface area contributed by atoms with E-state index in [1.165, 1.54) is 19.3 Å². The van der Waals surface area contributed by atoms with Crippen LogP contribution in [0.1, 0.15) is 39.0 Å². The molecular weight excluding hydrogens is 244 g/mol. The van der Waals surface area contributed by atoms with E-state index in [0.717, 1.165) is 18.9 Å². The molecule has 0 aromatic rings. The van der Waals surface area contributed by atoms with E-state index in [1.807, 2.05) is 0 Å². The molecule has 2 fully saturated rings. The fraction of sp³-hybridized carbons (Fsp3) is 0.857. The van der Waals surface area contributed by atoms with Crippen molar-refractivity contribution in [3.8, 4) is 0 Å². The first-order valence-electron chi connectivity index (χ1n) is 7.29. The van der Waals surface area contributed by atoms with Crippen molar-refractivity contribution in [2.75, 3.05) is 19.6 Å². The SMILES string of the molecule is CC1CCC(CNC(=O)N2CCC(CC(=O)O)C2)C1. The van der Waals surface area contributed by atoms with Gasteiger partial charge in [-0.15, -0.1) is 0 Å². The monoisotopic (exact) mass is 268 g/mol. The molecule has 0 radical (unpaired) electrons. The lowest BCUT2D eigenvalue weighted by atomic mass is 10.1. The Hall–Kier alpha value is -1.26. The molecule has 5 heteroatoms. The van der Waals surface area contributed by atoms with E-state index < -0.39 is 5.97 Å². The van der Waals surface area contributed by atoms with Gasteiger partial charge in [0.2, 0.25) is 0 Å². The molecule has 2 amide bonds. The van der Waals surface area contributed by atoms with Gasteiger partial charge in [-0.2, -0.15) is 0 Å². The molecule has 108 valence electrons. The number of carboxylic acids is 1. The van der Waals surface area contributed by atoms with Crippen molar-refractivity contribution < 1.29 is 14.7 Å². The maximum Gasteiger partial charge on any atom is 0.317 e. The van der Waals surface area contributed by atoms with Crippen LogP contribution in [0.15, 0.2) is 0 Å². The van der Waals surface area contributed by atoms with E-state index in [9.17, 15) is 9.59 Å². The molecule has 0 spiro atoms. The molecule has 5 nitrogen and oxygen atoms in total. The number of rotatable bonds is 4. The molecule has 2 N–H and O–H groups in total. The highest BCUT2D eigenvalue weighted by Gasteiger charge is 2.28. The average Bonchev–Trinajstić information content (AvgIpc) is 2.95. The van der Waals surface area contributed by atoms with E-state index in [1.54, 1.807) is 4.90 Å². The second kappa shape index (κ2) is 6.26. The first kappa shape index (κ1) is 14.2. The number of carboxylic acid groups (broad SMARTS) is 1. The van der Waals surface area contributed by atoms with Crippen LogP contribution in [-0.4, -0.2) is 41.6 Å². The lowest BCUT2D eigenvalue weighted by Crippen LogP contribution is -2.40. The maximum atomic E-state index is 12.0. The summed E-state index contributed by atoms with van der Waals surface area (Å²) in [5, 5.41) is 11.8. The van der Waals surface area contributed by atoms with E-state index >= 15 is 0 Å². The van der Waals surface area contributed by atoms with Gasteiger partial charge in [0.15, 0.2) is 0 Å². The highest BCUT2D eigenvalue weighted by atomic mass is 16.4. The van der Waals surface area contributed by atoms with Gasteiger partial charge in [0, 0.05) is 26.1 Å². The van der Waals surface area contributed by atoms with Gasteiger partial charge in [-0.1, -0.05) is 13.3 Å². The summed E-state index contributed by atoms with van der Waals surface area (Å²) in [6.07, 6.45) is 4.67. The minimum Gasteiger partial charge on any atom is -0.481 e. The highest BCUT2D eigenvalue weighted by Crippen LogP contribution is 2.29. The van der Waals surface area contributed by atoms with Gasteiger partial charge >= 0.3 is 12.0 Å². The second-order valence-corrected chi connectivity index (χ2v) is 6.17. The Balaban J connectivity index is 1.68. The van der Waals surface area contributed by atoms with E-state index in [4.69, 9.17) is 5.11 Å². The summed E-state index contributed by atoms with van der Waals surface area (Å²) in [6.45, 7) is 4.30. The molecule has 0 aromatic carbocycles. The highest BCUT2D eigenvalue weighted by molar-refractivity contribution is 5.74. The van der Waals surface area contributed by atoms with Gasteiger partial charge in [0.25, 0.3) is 0 Å². The van der Waals surface area contributed by atoms with Crippen LogP contribution >= 0.6 is 0 Å². The fourth-order valence-corrected chi connectivity index (χ4v) is 3.28. The van der Waals surface area contributed by atoms with Gasteiger partial charge in [-0.3, -0.25) is 4.79 Å². The number of urea groups is 1. The number of nitrogens with zero attached hydrogens (tertiary/aromatic N) is 1. The minimum absolute atomic E-state index is 0.0209. The van der Waals surface area contributed by atoms with Gasteiger partial charge in [0.05, 0.1) is 0 Å². The Labute approximate surface area is 114 Å². The molecule has 1 saturated heterocycles. The Morgan fingerprint density at radius 2 is 2.05 bits per heavy atom. The zero-order valence-corrected chi connectivity index (χ0v) is 11.6. The Morgan fingerprint density at radius 3 is 2.68 bits per heavy atom. The molecule has 1 aliphatic heterocycles. The third kappa shape index (κ3) is 4.11. The normalized spacial score (nSPS) is 30.6. The van der Waals surface area contributed by atoms with Crippen molar-refractivity contribution in [2.24, 2.45) is 17.8 Å².